The molecule has 0 spiro atoms. The highest BCUT2D eigenvalue weighted by Crippen LogP contribution is 2.36. The van der Waals surface area contributed by atoms with E-state index in [0.29, 0.717) is 35.3 Å². The zero-order valence-corrected chi connectivity index (χ0v) is 21.2. The lowest BCUT2D eigenvalue weighted by Crippen LogP contribution is -2.47. The number of hydrogen-bond donors (Lipinski definition) is 1. The fourth-order valence-corrected chi connectivity index (χ4v) is 5.13. The predicted octanol–water partition coefficient (Wildman–Crippen LogP) is 4.42. The molecule has 2 aliphatic heterocycles. The van der Waals surface area contributed by atoms with E-state index in [1.165, 1.54) is 25.7 Å². The number of carbonyl (C=O) groups is 2. The summed E-state index contributed by atoms with van der Waals surface area (Å²) in [5.41, 5.74) is 1.54. The van der Waals surface area contributed by atoms with Crippen molar-refractivity contribution in [1.29, 1.82) is 0 Å². The van der Waals surface area contributed by atoms with Crippen LogP contribution in [0.15, 0.2) is 42.6 Å². The van der Waals surface area contributed by atoms with Crippen LogP contribution >= 0.6 is 0 Å². The summed E-state index contributed by atoms with van der Waals surface area (Å²) in [4.78, 5) is 39.4. The molecule has 1 saturated heterocycles. The van der Waals surface area contributed by atoms with Crippen molar-refractivity contribution in [3.63, 3.8) is 0 Å². The van der Waals surface area contributed by atoms with E-state index < -0.39 is 0 Å². The summed E-state index contributed by atoms with van der Waals surface area (Å²) in [6.45, 7) is 10.3. The number of carbonyl (C=O) groups excluding carboxylic acids is 2. The van der Waals surface area contributed by atoms with Crippen LogP contribution in [-0.2, 0) is 0 Å². The van der Waals surface area contributed by atoms with Gasteiger partial charge in [-0.1, -0.05) is 32.4 Å². The second-order valence-electron chi connectivity index (χ2n) is 9.39. The Kier molecular flexibility index (Phi) is 8.36. The lowest BCUT2D eigenvalue weighted by Gasteiger charge is -2.38. The lowest BCUT2D eigenvalue weighted by molar-refractivity contribution is 0.102. The number of aromatic nitrogens is 1. The van der Waals surface area contributed by atoms with Crippen molar-refractivity contribution < 1.29 is 9.59 Å². The van der Waals surface area contributed by atoms with Gasteiger partial charge < -0.3 is 15.1 Å². The van der Waals surface area contributed by atoms with Gasteiger partial charge in [-0.2, -0.15) is 0 Å². The number of likely N-dealkylation sites (tertiary alicyclic amines) is 1. The standard InChI is InChI=1S/C27H38N6O2/c1-4-31(5-2)18-15-21-11-8-9-17-32(21)20-19-30(3)27(35)33-24-14-7-6-12-22(24)26(34)29-23-13-10-16-28-25(23)33/h6-7,10,12-14,16,21H,4-5,8-9,11,15,17-20H2,1-3H3,(H,29,34). The number of urea groups is 1. The highest BCUT2D eigenvalue weighted by molar-refractivity contribution is 6.16. The molecule has 2 aliphatic rings. The highest BCUT2D eigenvalue weighted by Gasteiger charge is 2.32. The molecule has 8 nitrogen and oxygen atoms in total. The summed E-state index contributed by atoms with van der Waals surface area (Å²) in [6, 6.07) is 11.1. The number of fused-ring (bicyclic) bond motifs is 2. The second kappa shape index (κ2) is 11.6. The summed E-state index contributed by atoms with van der Waals surface area (Å²) in [5, 5.41) is 2.90. The zero-order valence-electron chi connectivity index (χ0n) is 21.2. The molecule has 8 heteroatoms. The van der Waals surface area contributed by atoms with Gasteiger partial charge in [0.05, 0.1) is 16.9 Å². The van der Waals surface area contributed by atoms with E-state index >= 15 is 0 Å². The molecular formula is C27H38N6O2. The van der Waals surface area contributed by atoms with Crippen LogP contribution < -0.4 is 10.2 Å². The first-order chi connectivity index (χ1) is 17.0. The average molecular weight is 479 g/mol. The van der Waals surface area contributed by atoms with Gasteiger partial charge in [0.2, 0.25) is 0 Å². The first kappa shape index (κ1) is 25.1. The van der Waals surface area contributed by atoms with Crippen molar-refractivity contribution >= 4 is 29.1 Å². The largest absolute Gasteiger partial charge is 0.330 e. The van der Waals surface area contributed by atoms with Crippen LogP contribution in [-0.4, -0.2) is 84.0 Å². The third-order valence-corrected chi connectivity index (χ3v) is 7.30. The number of nitrogens with one attached hydrogen (secondary N) is 1. The average Bonchev–Trinajstić information content (AvgIpc) is 3.01. The third-order valence-electron chi connectivity index (χ3n) is 7.30. The molecule has 0 radical (unpaired) electrons. The number of hydrogen-bond acceptors (Lipinski definition) is 5. The van der Waals surface area contributed by atoms with Crippen molar-refractivity contribution in [3.8, 4) is 0 Å². The fourth-order valence-electron chi connectivity index (χ4n) is 5.13. The summed E-state index contributed by atoms with van der Waals surface area (Å²) < 4.78 is 0. The van der Waals surface area contributed by atoms with Gasteiger partial charge in [0.15, 0.2) is 5.82 Å². The Morgan fingerprint density at radius 1 is 1.11 bits per heavy atom. The molecule has 0 saturated carbocycles. The Labute approximate surface area is 208 Å². The van der Waals surface area contributed by atoms with Crippen LogP contribution in [0.2, 0.25) is 0 Å². The van der Waals surface area contributed by atoms with Gasteiger partial charge in [-0.15, -0.1) is 0 Å². The molecule has 1 aromatic heterocycles. The highest BCUT2D eigenvalue weighted by atomic mass is 16.2. The van der Waals surface area contributed by atoms with Gasteiger partial charge in [-0.3, -0.25) is 9.69 Å². The fraction of sp³-hybridized carbons (Fsp3) is 0.519. The molecule has 1 fully saturated rings. The zero-order chi connectivity index (χ0) is 24.8. The number of para-hydroxylation sites is 1. The van der Waals surface area contributed by atoms with Crippen molar-refractivity contribution in [2.45, 2.75) is 45.6 Å². The van der Waals surface area contributed by atoms with E-state index in [9.17, 15) is 9.59 Å². The van der Waals surface area contributed by atoms with Crippen molar-refractivity contribution in [1.82, 2.24) is 19.7 Å². The van der Waals surface area contributed by atoms with Crippen LogP contribution in [0.4, 0.5) is 22.0 Å². The van der Waals surface area contributed by atoms with Gasteiger partial charge in [-0.05, 0) is 69.7 Å². The number of anilines is 3. The molecule has 1 N–H and O–H groups in total. The molecule has 1 aromatic carbocycles. The quantitative estimate of drug-likeness (QED) is 0.608. The number of rotatable bonds is 8. The Bertz CT molecular complexity index is 1020. The molecule has 2 aromatic rings. The minimum Gasteiger partial charge on any atom is -0.326 e. The molecule has 0 aliphatic carbocycles. The van der Waals surface area contributed by atoms with Gasteiger partial charge >= 0.3 is 6.03 Å². The van der Waals surface area contributed by atoms with E-state index in [-0.39, 0.29) is 11.9 Å². The maximum atomic E-state index is 13.8. The Morgan fingerprint density at radius 2 is 1.91 bits per heavy atom. The number of likely N-dealkylation sites (N-methyl/N-ethyl adjacent to an activating group) is 1. The normalized spacial score (nSPS) is 18.0. The molecule has 0 bridgehead atoms. The summed E-state index contributed by atoms with van der Waals surface area (Å²) in [5.74, 6) is 0.204. The smallest absolute Gasteiger partial charge is 0.326 e. The molecule has 1 atom stereocenters. The Balaban J connectivity index is 1.48. The third kappa shape index (κ3) is 5.65. The molecular weight excluding hydrogens is 440 g/mol. The van der Waals surface area contributed by atoms with Crippen LogP contribution in [0, 0.1) is 0 Å². The number of nitrogens with zero attached hydrogens (tertiary/aromatic N) is 5. The van der Waals surface area contributed by atoms with Gasteiger partial charge in [0.1, 0.15) is 0 Å². The van der Waals surface area contributed by atoms with Crippen molar-refractivity contribution in [2.24, 2.45) is 0 Å². The second-order valence-corrected chi connectivity index (χ2v) is 9.39. The Morgan fingerprint density at radius 3 is 2.71 bits per heavy atom. The molecule has 188 valence electrons. The molecule has 3 heterocycles. The minimum absolute atomic E-state index is 0.189. The van der Waals surface area contributed by atoms with Crippen LogP contribution in [0.3, 0.4) is 0 Å². The Hall–Kier alpha value is -2.97. The summed E-state index contributed by atoms with van der Waals surface area (Å²) in [6.07, 6.45) is 6.53. The topological polar surface area (TPSA) is 72.0 Å². The number of pyridine rings is 1. The van der Waals surface area contributed by atoms with E-state index in [1.807, 2.05) is 19.2 Å². The summed E-state index contributed by atoms with van der Waals surface area (Å²) in [7, 11) is 1.84. The molecule has 1 unspecified atom stereocenters. The minimum atomic E-state index is -0.239. The van der Waals surface area contributed by atoms with Crippen molar-refractivity contribution in [3.05, 3.63) is 48.2 Å². The monoisotopic (exact) mass is 478 g/mol. The van der Waals surface area contributed by atoms with Crippen molar-refractivity contribution in [2.75, 3.05) is 56.5 Å². The van der Waals surface area contributed by atoms with Crippen LogP contribution in [0.25, 0.3) is 0 Å². The van der Waals surface area contributed by atoms with E-state index in [2.05, 4.69) is 33.9 Å². The van der Waals surface area contributed by atoms with E-state index in [1.54, 1.807) is 40.3 Å². The number of amides is 3. The maximum absolute atomic E-state index is 13.8. The van der Waals surface area contributed by atoms with Crippen LogP contribution in [0.1, 0.15) is 49.9 Å². The molecule has 3 amide bonds. The molecule has 4 rings (SSSR count). The van der Waals surface area contributed by atoms with Gasteiger partial charge in [-0.25, -0.2) is 14.7 Å². The van der Waals surface area contributed by atoms with E-state index in [0.717, 1.165) is 32.7 Å². The van der Waals surface area contributed by atoms with E-state index in [4.69, 9.17) is 0 Å². The van der Waals surface area contributed by atoms with Gasteiger partial charge in [0, 0.05) is 32.4 Å². The number of benzene rings is 1. The number of piperidine rings is 1. The lowest BCUT2D eigenvalue weighted by atomic mass is 9.99. The first-order valence-corrected chi connectivity index (χ1v) is 12.9. The first-order valence-electron chi connectivity index (χ1n) is 12.9. The van der Waals surface area contributed by atoms with Gasteiger partial charge in [0.25, 0.3) is 5.91 Å². The SMILES string of the molecule is CCN(CC)CCC1CCCCN1CCN(C)C(=O)N1c2ccccc2C(=O)Nc2cccnc21. The van der Waals surface area contributed by atoms with Crippen LogP contribution in [0.5, 0.6) is 0 Å². The maximum Gasteiger partial charge on any atom is 0.330 e. The predicted molar refractivity (Wildman–Crippen MR) is 140 cm³/mol. The summed E-state index contributed by atoms with van der Waals surface area (Å²) >= 11 is 0. The molecule has 35 heavy (non-hydrogen) atoms.